The van der Waals surface area contributed by atoms with E-state index in [1.54, 1.807) is 0 Å². The number of allylic oxidation sites excluding steroid dienone is 22. The van der Waals surface area contributed by atoms with Gasteiger partial charge in [-0.15, -0.1) is 0 Å². The number of likely N-dealkylation sites (N-methyl/N-ethyl adjacent to an activating group) is 1. The van der Waals surface area contributed by atoms with Crippen LogP contribution in [-0.2, 0) is 32.7 Å². The molecule has 0 aliphatic carbocycles. The van der Waals surface area contributed by atoms with Crippen molar-refractivity contribution in [2.75, 3.05) is 47.5 Å². The average Bonchev–Trinajstić information content (AvgIpc) is 3.57. The molecule has 2 unspecified atom stereocenters. The Morgan fingerprint density at radius 1 is 0.364 bits per heavy atom. The molecule has 0 fully saturated rings. The highest BCUT2D eigenvalue weighted by Crippen LogP contribution is 2.43. The largest absolute Gasteiger partial charge is 0.472 e. The SMILES string of the molecule is CC/C=C\C/C=C\C/C=C\C/C=C\C/C=C\C/C=C\C/C=C\C/C=C\C/C=C\CCCCCCCCCC(=O)OC(COC(=O)CCCCCCCCCCCCCCCCCCC/C=C\C/C=C\CCCCCCC)COP(=O)(O)OCC[N+](C)(C)C. The first kappa shape index (κ1) is 84.2. The number of rotatable bonds is 65. The van der Waals surface area contributed by atoms with Crippen LogP contribution in [0.2, 0.25) is 0 Å². The van der Waals surface area contributed by atoms with Crippen LogP contribution in [0.25, 0.3) is 0 Å². The second-order valence-electron chi connectivity index (χ2n) is 24.9. The number of carbonyl (C=O) groups excluding carboxylic acids is 2. The molecule has 0 spiro atoms. The van der Waals surface area contributed by atoms with E-state index in [1.165, 1.54) is 154 Å². The Bertz CT molecular complexity index is 1950. The quantitative estimate of drug-likeness (QED) is 0.0211. The maximum Gasteiger partial charge on any atom is 0.472 e. The third kappa shape index (κ3) is 71.2. The molecule has 0 radical (unpaired) electrons. The number of quaternary nitrogens is 1. The van der Waals surface area contributed by atoms with Gasteiger partial charge >= 0.3 is 19.8 Å². The summed E-state index contributed by atoms with van der Waals surface area (Å²) in [6, 6.07) is 0. The van der Waals surface area contributed by atoms with E-state index in [4.69, 9.17) is 18.5 Å². The highest BCUT2D eigenvalue weighted by molar-refractivity contribution is 7.47. The Balaban J connectivity index is 4.11. The lowest BCUT2D eigenvalue weighted by Gasteiger charge is -2.24. The summed E-state index contributed by atoms with van der Waals surface area (Å²) in [5.74, 6) is -0.809. The van der Waals surface area contributed by atoms with Crippen LogP contribution in [0.15, 0.2) is 134 Å². The van der Waals surface area contributed by atoms with Crippen molar-refractivity contribution in [3.05, 3.63) is 134 Å². The van der Waals surface area contributed by atoms with Gasteiger partial charge < -0.3 is 18.9 Å². The Kier molecular flexibility index (Phi) is 64.6. The molecule has 0 aromatic rings. The molecule has 0 amide bonds. The maximum absolute atomic E-state index is 12.9. The molecule has 10 heteroatoms. The van der Waals surface area contributed by atoms with E-state index < -0.39 is 26.5 Å². The van der Waals surface area contributed by atoms with Crippen LogP contribution in [0.5, 0.6) is 0 Å². The van der Waals surface area contributed by atoms with Gasteiger partial charge in [-0.25, -0.2) is 4.57 Å². The van der Waals surface area contributed by atoms with Gasteiger partial charge in [0.2, 0.25) is 0 Å². The molecule has 2 atom stereocenters. The van der Waals surface area contributed by atoms with Gasteiger partial charge in [-0.1, -0.05) is 302 Å². The van der Waals surface area contributed by atoms with Crippen molar-refractivity contribution in [3.8, 4) is 0 Å². The summed E-state index contributed by atoms with van der Waals surface area (Å²) in [5, 5.41) is 0. The van der Waals surface area contributed by atoms with Crippen LogP contribution >= 0.6 is 7.82 Å². The van der Waals surface area contributed by atoms with Gasteiger partial charge in [0, 0.05) is 12.8 Å². The van der Waals surface area contributed by atoms with Crippen molar-refractivity contribution in [2.24, 2.45) is 0 Å². The number of unbranched alkanes of at least 4 members (excludes halogenated alkanes) is 29. The third-order valence-electron chi connectivity index (χ3n) is 15.2. The van der Waals surface area contributed by atoms with Crippen molar-refractivity contribution >= 4 is 19.8 Å². The first-order valence-corrected chi connectivity index (χ1v) is 37.4. The van der Waals surface area contributed by atoms with Gasteiger partial charge in [-0.05, 0) is 116 Å². The molecule has 0 saturated heterocycles. The van der Waals surface area contributed by atoms with E-state index in [9.17, 15) is 19.0 Å². The van der Waals surface area contributed by atoms with E-state index in [0.29, 0.717) is 17.4 Å². The summed E-state index contributed by atoms with van der Waals surface area (Å²) in [5.41, 5.74) is 0. The van der Waals surface area contributed by atoms with E-state index in [2.05, 4.69) is 148 Å². The topological polar surface area (TPSA) is 108 Å². The first-order valence-electron chi connectivity index (χ1n) is 35.9. The lowest BCUT2D eigenvalue weighted by atomic mass is 10.0. The monoisotopic (exact) mass is 1240 g/mol. The summed E-state index contributed by atoms with van der Waals surface area (Å²) in [7, 11) is 1.46. The van der Waals surface area contributed by atoms with Crippen LogP contribution in [0.4, 0.5) is 0 Å². The zero-order valence-electron chi connectivity index (χ0n) is 57.4. The van der Waals surface area contributed by atoms with Crippen molar-refractivity contribution in [3.63, 3.8) is 0 Å². The van der Waals surface area contributed by atoms with Gasteiger partial charge in [-0.2, -0.15) is 0 Å². The van der Waals surface area contributed by atoms with Crippen molar-refractivity contribution in [1.82, 2.24) is 0 Å². The summed E-state index contributed by atoms with van der Waals surface area (Å²) in [6.07, 6.45) is 98.4. The number of carbonyl (C=O) groups is 2. The molecule has 0 aromatic heterocycles. The molecule has 0 aromatic carbocycles. The molecule has 88 heavy (non-hydrogen) atoms. The molecule has 9 nitrogen and oxygen atoms in total. The number of nitrogens with zero attached hydrogens (tertiary/aromatic N) is 1. The molecule has 0 aliphatic rings. The fourth-order valence-electron chi connectivity index (χ4n) is 9.69. The highest BCUT2D eigenvalue weighted by Gasteiger charge is 2.27. The second-order valence-corrected chi connectivity index (χ2v) is 26.3. The highest BCUT2D eigenvalue weighted by atomic mass is 31.2. The maximum atomic E-state index is 12.9. The first-order chi connectivity index (χ1) is 43.0. The average molecular weight is 1250 g/mol. The minimum absolute atomic E-state index is 0.0238. The minimum atomic E-state index is -4.40. The normalized spacial score (nSPS) is 13.9. The van der Waals surface area contributed by atoms with Gasteiger partial charge in [0.15, 0.2) is 6.10 Å². The molecule has 0 bridgehead atoms. The van der Waals surface area contributed by atoms with Crippen molar-refractivity contribution < 1.29 is 42.1 Å². The smallest absolute Gasteiger partial charge is 0.462 e. The van der Waals surface area contributed by atoms with E-state index >= 15 is 0 Å². The predicted molar refractivity (Wildman–Crippen MR) is 381 cm³/mol. The van der Waals surface area contributed by atoms with E-state index in [0.717, 1.165) is 109 Å². The minimum Gasteiger partial charge on any atom is -0.462 e. The molecular formula is C78H135NO8P+. The fourth-order valence-corrected chi connectivity index (χ4v) is 10.4. The molecular weight excluding hydrogens is 1110 g/mol. The molecule has 1 N–H and O–H groups in total. The van der Waals surface area contributed by atoms with Crippen LogP contribution in [0, 0.1) is 0 Å². The zero-order valence-corrected chi connectivity index (χ0v) is 58.3. The molecule has 0 rings (SSSR count). The number of esters is 2. The number of phosphoric ester groups is 1. The lowest BCUT2D eigenvalue weighted by Crippen LogP contribution is -2.37. The summed E-state index contributed by atoms with van der Waals surface area (Å²) in [4.78, 5) is 35.9. The Hall–Kier alpha value is -3.85. The molecule has 0 aliphatic heterocycles. The van der Waals surface area contributed by atoms with Crippen LogP contribution in [0.1, 0.15) is 296 Å². The third-order valence-corrected chi connectivity index (χ3v) is 16.1. The Labute approximate surface area is 542 Å². The molecule has 0 heterocycles. The fraction of sp³-hybridized carbons (Fsp3) is 0.692. The van der Waals surface area contributed by atoms with Crippen LogP contribution in [-0.4, -0.2) is 74.9 Å². The lowest BCUT2D eigenvalue weighted by molar-refractivity contribution is -0.870. The number of phosphoric acid groups is 1. The molecule has 504 valence electrons. The predicted octanol–water partition coefficient (Wildman–Crippen LogP) is 23.6. The number of hydrogen-bond acceptors (Lipinski definition) is 7. The summed E-state index contributed by atoms with van der Waals surface area (Å²) >= 11 is 0. The Morgan fingerprint density at radius 3 is 0.966 bits per heavy atom. The second kappa shape index (κ2) is 67.5. The number of ether oxygens (including phenoxy) is 2. The van der Waals surface area contributed by atoms with Crippen molar-refractivity contribution in [2.45, 2.75) is 302 Å². The van der Waals surface area contributed by atoms with Crippen LogP contribution < -0.4 is 0 Å². The molecule has 0 saturated carbocycles. The van der Waals surface area contributed by atoms with Gasteiger partial charge in [0.05, 0.1) is 27.7 Å². The number of hydrogen-bond donors (Lipinski definition) is 1. The van der Waals surface area contributed by atoms with E-state index in [-0.39, 0.29) is 32.0 Å². The van der Waals surface area contributed by atoms with Crippen LogP contribution in [0.3, 0.4) is 0 Å². The standard InChI is InChI=1S/C78H134NO8P/c1-6-8-10-12-14-16-18-20-22-24-26-28-30-32-34-36-37-38-39-40-41-43-45-47-49-51-53-55-57-59-61-63-65-67-69-71-78(81)87-76(75-86-88(82,83)85-73-72-79(3,4)5)74-84-77(80)70-68-66-64-62-60-58-56-54-52-50-48-46-44-42-35-33-31-29-27-25-23-21-19-17-15-13-11-9-7-2/h8,10,14,16,19-22,25-28,32,34,37-38,40-41,45,47,51,53,76H,6-7,9,11-13,15,17-18,23-24,29-31,33,35-36,39,42-44,46,48-50,52,54-75H2,1-5H3/p+1/b10-8-,16-14-,21-19-,22-20-,27-25-,28-26-,34-32-,38-37-,41-40-,47-45-,53-51-. The summed E-state index contributed by atoms with van der Waals surface area (Å²) < 4.78 is 34.7. The zero-order chi connectivity index (χ0) is 64.1. The Morgan fingerprint density at radius 2 is 0.648 bits per heavy atom. The van der Waals surface area contributed by atoms with E-state index in [1.807, 2.05) is 21.1 Å². The van der Waals surface area contributed by atoms with Crippen molar-refractivity contribution in [1.29, 1.82) is 0 Å². The van der Waals surface area contributed by atoms with Gasteiger partial charge in [0.25, 0.3) is 0 Å². The summed E-state index contributed by atoms with van der Waals surface area (Å²) in [6.45, 7) is 4.31. The van der Waals surface area contributed by atoms with Gasteiger partial charge in [0.1, 0.15) is 19.8 Å². The van der Waals surface area contributed by atoms with Gasteiger partial charge in [-0.3, -0.25) is 18.6 Å².